The normalized spacial score (nSPS) is 12.3. The van der Waals surface area contributed by atoms with E-state index >= 15 is 0 Å². The van der Waals surface area contributed by atoms with E-state index in [2.05, 4.69) is 10.3 Å². The summed E-state index contributed by atoms with van der Waals surface area (Å²) in [5.41, 5.74) is -2.45. The van der Waals surface area contributed by atoms with E-state index in [-0.39, 0.29) is 22.8 Å². The fourth-order valence-electron chi connectivity index (χ4n) is 2.35. The summed E-state index contributed by atoms with van der Waals surface area (Å²) >= 11 is 5.89. The van der Waals surface area contributed by atoms with Gasteiger partial charge in [0, 0.05) is 15.9 Å². The third-order valence-corrected chi connectivity index (χ3v) is 3.43. The standard InChI is InChI=1S/C17H18ClF3N2O2/c1-5-25-15(24)12-13(23-16(2,3)4)10-7-6-9(18)8-11(10)22-14(12)17(19,20)21/h6-8H,5H2,1-4H3,(H,22,23). The van der Waals surface area contributed by atoms with Gasteiger partial charge in [-0.1, -0.05) is 11.6 Å². The number of pyridine rings is 1. The summed E-state index contributed by atoms with van der Waals surface area (Å²) in [6.45, 7) is 6.80. The van der Waals surface area contributed by atoms with E-state index < -0.39 is 28.9 Å². The van der Waals surface area contributed by atoms with Crippen molar-refractivity contribution in [1.82, 2.24) is 4.98 Å². The van der Waals surface area contributed by atoms with Gasteiger partial charge in [0.1, 0.15) is 5.56 Å². The van der Waals surface area contributed by atoms with Crippen LogP contribution in [0.15, 0.2) is 18.2 Å². The van der Waals surface area contributed by atoms with Gasteiger partial charge in [0.15, 0.2) is 5.69 Å². The molecule has 0 bridgehead atoms. The van der Waals surface area contributed by atoms with Crippen LogP contribution in [-0.4, -0.2) is 23.1 Å². The number of hydrogen-bond acceptors (Lipinski definition) is 4. The summed E-state index contributed by atoms with van der Waals surface area (Å²) in [5.74, 6) is -1.08. The SMILES string of the molecule is CCOC(=O)c1c(C(F)(F)F)nc2cc(Cl)ccc2c1NC(C)(C)C. The second kappa shape index (κ2) is 6.71. The molecule has 2 aromatic rings. The van der Waals surface area contributed by atoms with Gasteiger partial charge < -0.3 is 10.1 Å². The molecule has 1 aromatic carbocycles. The predicted octanol–water partition coefficient (Wildman–Crippen LogP) is 5.29. The van der Waals surface area contributed by atoms with Crippen LogP contribution >= 0.6 is 11.6 Å². The molecule has 0 saturated carbocycles. The Morgan fingerprint density at radius 3 is 2.44 bits per heavy atom. The highest BCUT2D eigenvalue weighted by atomic mass is 35.5. The van der Waals surface area contributed by atoms with E-state index in [0.717, 1.165) is 0 Å². The van der Waals surface area contributed by atoms with Crippen molar-refractivity contribution in [3.63, 3.8) is 0 Å². The first-order valence-corrected chi connectivity index (χ1v) is 7.97. The molecule has 0 amide bonds. The molecule has 0 fully saturated rings. The van der Waals surface area contributed by atoms with E-state index in [0.29, 0.717) is 5.39 Å². The smallest absolute Gasteiger partial charge is 0.434 e. The Bertz CT molecular complexity index is 814. The molecule has 0 aliphatic rings. The van der Waals surface area contributed by atoms with Gasteiger partial charge in [0.2, 0.25) is 0 Å². The minimum atomic E-state index is -4.83. The minimum Gasteiger partial charge on any atom is -0.462 e. The average molecular weight is 375 g/mol. The molecule has 1 N–H and O–H groups in total. The summed E-state index contributed by atoms with van der Waals surface area (Å²) in [5, 5.41) is 3.59. The van der Waals surface area contributed by atoms with Crippen molar-refractivity contribution in [2.45, 2.75) is 39.4 Å². The molecule has 0 spiro atoms. The number of alkyl halides is 3. The maximum atomic E-state index is 13.6. The second-order valence-corrected chi connectivity index (χ2v) is 6.90. The zero-order chi connectivity index (χ0) is 19.0. The molecule has 1 heterocycles. The quantitative estimate of drug-likeness (QED) is 0.741. The third-order valence-electron chi connectivity index (χ3n) is 3.20. The molecular formula is C17H18ClF3N2O2. The van der Waals surface area contributed by atoms with Gasteiger partial charge in [0.25, 0.3) is 0 Å². The topological polar surface area (TPSA) is 51.2 Å². The molecular weight excluding hydrogens is 357 g/mol. The molecule has 2 rings (SSSR count). The number of fused-ring (bicyclic) bond motifs is 1. The van der Waals surface area contributed by atoms with E-state index in [1.165, 1.54) is 25.1 Å². The van der Waals surface area contributed by atoms with Crippen molar-refractivity contribution < 1.29 is 22.7 Å². The third kappa shape index (κ3) is 4.34. The van der Waals surface area contributed by atoms with Crippen LogP contribution in [0.25, 0.3) is 10.9 Å². The highest BCUT2D eigenvalue weighted by Crippen LogP contribution is 2.39. The van der Waals surface area contributed by atoms with Crippen molar-refractivity contribution in [1.29, 1.82) is 0 Å². The molecule has 1 aromatic heterocycles. The number of carbonyl (C=O) groups excluding carboxylic acids is 1. The summed E-state index contributed by atoms with van der Waals surface area (Å²) in [7, 11) is 0. The number of ether oxygens (including phenoxy) is 1. The first-order chi connectivity index (χ1) is 11.4. The second-order valence-electron chi connectivity index (χ2n) is 6.47. The summed E-state index contributed by atoms with van der Waals surface area (Å²) in [6, 6.07) is 4.39. The van der Waals surface area contributed by atoms with E-state index in [4.69, 9.17) is 16.3 Å². The fraction of sp³-hybridized carbons (Fsp3) is 0.412. The van der Waals surface area contributed by atoms with Gasteiger partial charge in [0.05, 0.1) is 17.8 Å². The Morgan fingerprint density at radius 2 is 1.92 bits per heavy atom. The van der Waals surface area contributed by atoms with Crippen LogP contribution in [0.4, 0.5) is 18.9 Å². The van der Waals surface area contributed by atoms with Crippen molar-refractivity contribution in [3.8, 4) is 0 Å². The summed E-state index contributed by atoms with van der Waals surface area (Å²) < 4.78 is 45.5. The molecule has 0 radical (unpaired) electrons. The van der Waals surface area contributed by atoms with Crippen LogP contribution in [0.1, 0.15) is 43.7 Å². The lowest BCUT2D eigenvalue weighted by Gasteiger charge is -2.26. The van der Waals surface area contributed by atoms with Crippen LogP contribution in [0.5, 0.6) is 0 Å². The van der Waals surface area contributed by atoms with Crippen molar-refractivity contribution in [2.75, 3.05) is 11.9 Å². The number of benzene rings is 1. The molecule has 136 valence electrons. The first kappa shape index (κ1) is 19.3. The van der Waals surface area contributed by atoms with Crippen molar-refractivity contribution in [2.24, 2.45) is 0 Å². The van der Waals surface area contributed by atoms with Gasteiger partial charge in [-0.2, -0.15) is 13.2 Å². The van der Waals surface area contributed by atoms with Gasteiger partial charge >= 0.3 is 12.1 Å². The molecule has 0 aliphatic carbocycles. The predicted molar refractivity (Wildman–Crippen MR) is 91.1 cm³/mol. The van der Waals surface area contributed by atoms with Crippen LogP contribution in [-0.2, 0) is 10.9 Å². The van der Waals surface area contributed by atoms with E-state index in [1.807, 2.05) is 0 Å². The molecule has 0 saturated heterocycles. The van der Waals surface area contributed by atoms with Crippen molar-refractivity contribution in [3.05, 3.63) is 34.5 Å². The van der Waals surface area contributed by atoms with E-state index in [1.54, 1.807) is 20.8 Å². The maximum Gasteiger partial charge on any atom is 0.434 e. The Labute approximate surface area is 148 Å². The summed E-state index contributed by atoms with van der Waals surface area (Å²) in [4.78, 5) is 16.0. The minimum absolute atomic E-state index is 0.0277. The van der Waals surface area contributed by atoms with Crippen LogP contribution in [0, 0.1) is 0 Å². The van der Waals surface area contributed by atoms with E-state index in [9.17, 15) is 18.0 Å². The van der Waals surface area contributed by atoms with Crippen LogP contribution < -0.4 is 5.32 Å². The largest absolute Gasteiger partial charge is 0.462 e. The molecule has 0 unspecified atom stereocenters. The molecule has 8 heteroatoms. The lowest BCUT2D eigenvalue weighted by Crippen LogP contribution is -2.29. The Kier molecular flexibility index (Phi) is 5.18. The number of hydrogen-bond donors (Lipinski definition) is 1. The lowest BCUT2D eigenvalue weighted by molar-refractivity contribution is -0.141. The molecule has 25 heavy (non-hydrogen) atoms. The Morgan fingerprint density at radius 1 is 1.28 bits per heavy atom. The number of nitrogens with zero attached hydrogens (tertiary/aromatic N) is 1. The van der Waals surface area contributed by atoms with Gasteiger partial charge in [-0.15, -0.1) is 0 Å². The number of halogens is 4. The average Bonchev–Trinajstić information content (AvgIpc) is 2.44. The number of esters is 1. The number of carbonyl (C=O) groups is 1. The number of anilines is 1. The Hall–Kier alpha value is -2.02. The highest BCUT2D eigenvalue weighted by Gasteiger charge is 2.40. The number of rotatable bonds is 3. The Balaban J connectivity index is 2.92. The highest BCUT2D eigenvalue weighted by molar-refractivity contribution is 6.31. The number of nitrogens with one attached hydrogen (secondary N) is 1. The first-order valence-electron chi connectivity index (χ1n) is 7.60. The van der Waals surface area contributed by atoms with Gasteiger partial charge in [-0.25, -0.2) is 9.78 Å². The fourth-order valence-corrected chi connectivity index (χ4v) is 2.52. The number of aromatic nitrogens is 1. The molecule has 0 aliphatic heterocycles. The molecule has 0 atom stereocenters. The maximum absolute atomic E-state index is 13.6. The van der Waals surface area contributed by atoms with Gasteiger partial charge in [-0.3, -0.25) is 0 Å². The monoisotopic (exact) mass is 374 g/mol. The zero-order valence-corrected chi connectivity index (χ0v) is 15.0. The summed E-state index contributed by atoms with van der Waals surface area (Å²) in [6.07, 6.45) is -4.83. The van der Waals surface area contributed by atoms with Gasteiger partial charge in [-0.05, 0) is 45.9 Å². The zero-order valence-electron chi connectivity index (χ0n) is 14.2. The van der Waals surface area contributed by atoms with Crippen LogP contribution in [0.3, 0.4) is 0 Å². The lowest BCUT2D eigenvalue weighted by atomic mass is 10.0. The molecule has 4 nitrogen and oxygen atoms in total. The van der Waals surface area contributed by atoms with Crippen molar-refractivity contribution >= 4 is 34.2 Å². The van der Waals surface area contributed by atoms with Crippen LogP contribution in [0.2, 0.25) is 5.02 Å².